The molecule has 2 rings (SSSR count). The van der Waals surface area contributed by atoms with Crippen molar-refractivity contribution in [1.82, 2.24) is 0 Å². The van der Waals surface area contributed by atoms with Gasteiger partial charge in [0.1, 0.15) is 0 Å². The van der Waals surface area contributed by atoms with Gasteiger partial charge in [-0.1, -0.05) is 26.7 Å². The molecule has 2 heterocycles. The smallest absolute Gasteiger partial charge is 0.346 e. The minimum Gasteiger partial charge on any atom is -0.389 e. The van der Waals surface area contributed by atoms with Crippen molar-refractivity contribution in [2.45, 2.75) is 76.4 Å². The first-order chi connectivity index (χ1) is 10.1. The molecule has 2 atom stereocenters. The first-order valence-electron chi connectivity index (χ1n) is 8.13. The Hall–Kier alpha value is -0.940. The Labute approximate surface area is 126 Å². The molecule has 0 spiro atoms. The highest BCUT2D eigenvalue weighted by molar-refractivity contribution is 5.94. The van der Waals surface area contributed by atoms with E-state index in [-0.39, 0.29) is 0 Å². The third kappa shape index (κ3) is 3.29. The van der Waals surface area contributed by atoms with Crippen LogP contribution in [-0.4, -0.2) is 36.4 Å². The SMILES string of the molecule is CCC[C@]1(C(=O)OC(=O)[C@]2(CCC)CCCO2)CCCO1. The Balaban J connectivity index is 2.05. The van der Waals surface area contributed by atoms with Gasteiger partial charge in [-0.05, 0) is 38.5 Å². The second-order valence-electron chi connectivity index (χ2n) is 6.07. The lowest BCUT2D eigenvalue weighted by atomic mass is 9.93. The number of carbonyl (C=O) groups is 2. The molecule has 0 bridgehead atoms. The molecule has 0 aromatic carbocycles. The van der Waals surface area contributed by atoms with E-state index in [1.807, 2.05) is 13.8 Å². The number of hydrogen-bond acceptors (Lipinski definition) is 5. The Morgan fingerprint density at radius 3 is 1.62 bits per heavy atom. The first-order valence-corrected chi connectivity index (χ1v) is 8.13. The van der Waals surface area contributed by atoms with Crippen molar-refractivity contribution >= 4 is 11.9 Å². The molecule has 5 heteroatoms. The Morgan fingerprint density at radius 2 is 1.33 bits per heavy atom. The molecule has 0 radical (unpaired) electrons. The Morgan fingerprint density at radius 1 is 0.905 bits per heavy atom. The average Bonchev–Trinajstić information content (AvgIpc) is 3.10. The van der Waals surface area contributed by atoms with Crippen LogP contribution in [0.1, 0.15) is 65.2 Å². The van der Waals surface area contributed by atoms with Crippen LogP contribution in [0, 0.1) is 0 Å². The zero-order valence-electron chi connectivity index (χ0n) is 13.1. The highest BCUT2D eigenvalue weighted by Gasteiger charge is 2.49. The summed E-state index contributed by atoms with van der Waals surface area (Å²) in [6, 6.07) is 0. The molecule has 5 nitrogen and oxygen atoms in total. The van der Waals surface area contributed by atoms with E-state index in [0.717, 1.165) is 25.7 Å². The molecule has 0 N–H and O–H groups in total. The average molecular weight is 298 g/mol. The minimum absolute atomic E-state index is 0.530. The molecule has 2 fully saturated rings. The summed E-state index contributed by atoms with van der Waals surface area (Å²) in [4.78, 5) is 24.9. The monoisotopic (exact) mass is 298 g/mol. The Bertz CT molecular complexity index is 342. The molecular weight excluding hydrogens is 272 g/mol. The van der Waals surface area contributed by atoms with E-state index >= 15 is 0 Å². The predicted molar refractivity (Wildman–Crippen MR) is 76.7 cm³/mol. The lowest BCUT2D eigenvalue weighted by Crippen LogP contribution is -2.46. The highest BCUT2D eigenvalue weighted by atomic mass is 16.6. The summed E-state index contributed by atoms with van der Waals surface area (Å²) in [6.07, 6.45) is 5.77. The van der Waals surface area contributed by atoms with Gasteiger partial charge in [0.15, 0.2) is 11.2 Å². The lowest BCUT2D eigenvalue weighted by Gasteiger charge is -2.29. The number of hydrogen-bond donors (Lipinski definition) is 0. The van der Waals surface area contributed by atoms with E-state index in [4.69, 9.17) is 14.2 Å². The van der Waals surface area contributed by atoms with Gasteiger partial charge in [-0.2, -0.15) is 0 Å². The summed E-state index contributed by atoms with van der Waals surface area (Å²) in [5.41, 5.74) is -1.84. The fraction of sp³-hybridized carbons (Fsp3) is 0.875. The van der Waals surface area contributed by atoms with Crippen LogP contribution in [0.3, 0.4) is 0 Å². The summed E-state index contributed by atoms with van der Waals surface area (Å²) in [5, 5.41) is 0. The van der Waals surface area contributed by atoms with Crippen LogP contribution in [0.4, 0.5) is 0 Å². The van der Waals surface area contributed by atoms with Crippen molar-refractivity contribution in [2.75, 3.05) is 13.2 Å². The lowest BCUT2D eigenvalue weighted by molar-refractivity contribution is -0.187. The molecule has 0 aromatic rings. The predicted octanol–water partition coefficient (Wildman–Crippen LogP) is 2.75. The highest BCUT2D eigenvalue weighted by Crippen LogP contribution is 2.35. The standard InChI is InChI=1S/C16H26O5/c1-3-7-15(9-5-11-19-15)13(17)21-14(18)16(8-4-2)10-6-12-20-16/h3-12H2,1-2H3/t15-,16+. The van der Waals surface area contributed by atoms with Crippen molar-refractivity contribution in [1.29, 1.82) is 0 Å². The Kier molecular flexibility index (Phi) is 5.38. The van der Waals surface area contributed by atoms with E-state index in [9.17, 15) is 9.59 Å². The maximum atomic E-state index is 12.4. The van der Waals surface area contributed by atoms with E-state index < -0.39 is 23.1 Å². The minimum atomic E-state index is -0.920. The van der Waals surface area contributed by atoms with Crippen LogP contribution in [0.5, 0.6) is 0 Å². The third-order valence-corrected chi connectivity index (χ3v) is 4.44. The number of esters is 2. The van der Waals surface area contributed by atoms with Crippen LogP contribution in [0.2, 0.25) is 0 Å². The molecule has 21 heavy (non-hydrogen) atoms. The van der Waals surface area contributed by atoms with Gasteiger partial charge in [0.2, 0.25) is 0 Å². The molecule has 0 unspecified atom stereocenters. The van der Waals surface area contributed by atoms with Crippen molar-refractivity contribution in [3.05, 3.63) is 0 Å². The molecule has 120 valence electrons. The summed E-state index contributed by atoms with van der Waals surface area (Å²) >= 11 is 0. The number of ether oxygens (including phenoxy) is 3. The van der Waals surface area contributed by atoms with Crippen LogP contribution < -0.4 is 0 Å². The molecular formula is C16H26O5. The van der Waals surface area contributed by atoms with E-state index in [1.54, 1.807) is 0 Å². The first kappa shape index (κ1) is 16.4. The van der Waals surface area contributed by atoms with Crippen molar-refractivity contribution in [2.24, 2.45) is 0 Å². The fourth-order valence-corrected chi connectivity index (χ4v) is 3.39. The summed E-state index contributed by atoms with van der Waals surface area (Å²) in [6.45, 7) is 5.11. The van der Waals surface area contributed by atoms with E-state index in [0.29, 0.717) is 38.9 Å². The van der Waals surface area contributed by atoms with Crippen LogP contribution in [-0.2, 0) is 23.8 Å². The molecule has 0 aliphatic carbocycles. The molecule has 0 saturated carbocycles. The maximum Gasteiger partial charge on any atom is 0.346 e. The summed E-state index contributed by atoms with van der Waals surface area (Å²) in [7, 11) is 0. The molecule has 2 aliphatic heterocycles. The molecule has 0 aromatic heterocycles. The largest absolute Gasteiger partial charge is 0.389 e. The van der Waals surface area contributed by atoms with E-state index in [1.165, 1.54) is 0 Å². The van der Waals surface area contributed by atoms with E-state index in [2.05, 4.69) is 0 Å². The second kappa shape index (κ2) is 6.88. The number of carbonyl (C=O) groups excluding carboxylic acids is 2. The fourth-order valence-electron chi connectivity index (χ4n) is 3.39. The van der Waals surface area contributed by atoms with Gasteiger partial charge >= 0.3 is 11.9 Å². The van der Waals surface area contributed by atoms with Gasteiger partial charge in [-0.3, -0.25) is 0 Å². The summed E-state index contributed by atoms with van der Waals surface area (Å²) < 4.78 is 16.5. The van der Waals surface area contributed by atoms with Crippen molar-refractivity contribution in [3.63, 3.8) is 0 Å². The zero-order valence-corrected chi connectivity index (χ0v) is 13.1. The van der Waals surface area contributed by atoms with Gasteiger partial charge < -0.3 is 14.2 Å². The summed E-state index contributed by atoms with van der Waals surface area (Å²) in [5.74, 6) is -1.06. The topological polar surface area (TPSA) is 61.8 Å². The van der Waals surface area contributed by atoms with Crippen LogP contribution >= 0.6 is 0 Å². The van der Waals surface area contributed by atoms with Gasteiger partial charge in [-0.25, -0.2) is 9.59 Å². The number of rotatable bonds is 6. The maximum absolute atomic E-state index is 12.4. The second-order valence-corrected chi connectivity index (χ2v) is 6.07. The molecule has 0 amide bonds. The normalized spacial score (nSPS) is 32.3. The van der Waals surface area contributed by atoms with Gasteiger partial charge in [-0.15, -0.1) is 0 Å². The van der Waals surface area contributed by atoms with Crippen molar-refractivity contribution < 1.29 is 23.8 Å². The van der Waals surface area contributed by atoms with Gasteiger partial charge in [0, 0.05) is 13.2 Å². The van der Waals surface area contributed by atoms with Gasteiger partial charge in [0.25, 0.3) is 0 Å². The third-order valence-electron chi connectivity index (χ3n) is 4.44. The van der Waals surface area contributed by atoms with Crippen molar-refractivity contribution in [3.8, 4) is 0 Å². The van der Waals surface area contributed by atoms with Crippen LogP contribution in [0.15, 0.2) is 0 Å². The van der Waals surface area contributed by atoms with Gasteiger partial charge in [0.05, 0.1) is 0 Å². The zero-order chi connectivity index (χ0) is 15.3. The van der Waals surface area contributed by atoms with Crippen LogP contribution in [0.25, 0.3) is 0 Å². The molecule has 2 aliphatic rings. The quantitative estimate of drug-likeness (QED) is 0.557. The molecule has 2 saturated heterocycles.